The van der Waals surface area contributed by atoms with E-state index in [1.54, 1.807) is 20.3 Å². The Morgan fingerprint density at radius 1 is 1.26 bits per heavy atom. The predicted octanol–water partition coefficient (Wildman–Crippen LogP) is 1.61. The fraction of sp³-hybridized carbons (Fsp3) is 0.500. The normalized spacial score (nSPS) is 13.8. The lowest BCUT2D eigenvalue weighted by Crippen LogP contribution is -2.29. The van der Waals surface area contributed by atoms with Crippen LogP contribution in [0, 0.1) is 5.92 Å². The average molecular weight is 265 g/mol. The average Bonchev–Trinajstić information content (AvgIpc) is 3.27. The number of ether oxygens (including phenoxy) is 3. The minimum atomic E-state index is 0.126. The number of rotatable bonds is 7. The molecule has 104 valence electrons. The molecule has 0 heterocycles. The van der Waals surface area contributed by atoms with Gasteiger partial charge in [0.05, 0.1) is 20.8 Å². The van der Waals surface area contributed by atoms with Crippen molar-refractivity contribution in [3.05, 3.63) is 18.2 Å². The summed E-state index contributed by atoms with van der Waals surface area (Å²) in [4.78, 5) is 11.4. The van der Waals surface area contributed by atoms with Gasteiger partial charge in [-0.15, -0.1) is 0 Å². The third-order valence-corrected chi connectivity index (χ3v) is 2.97. The first-order chi connectivity index (χ1) is 9.26. The van der Waals surface area contributed by atoms with Crippen LogP contribution in [-0.2, 0) is 4.79 Å². The molecule has 0 aromatic heterocycles. The zero-order valence-corrected chi connectivity index (χ0v) is 11.3. The van der Waals surface area contributed by atoms with Crippen LogP contribution in [0.1, 0.15) is 12.8 Å². The van der Waals surface area contributed by atoms with Crippen LogP contribution in [0.5, 0.6) is 17.2 Å². The second-order valence-electron chi connectivity index (χ2n) is 4.41. The van der Waals surface area contributed by atoms with Crippen molar-refractivity contribution in [1.82, 2.24) is 5.32 Å². The molecule has 0 saturated heterocycles. The van der Waals surface area contributed by atoms with Gasteiger partial charge in [-0.1, -0.05) is 6.07 Å². The van der Waals surface area contributed by atoms with Gasteiger partial charge in [-0.3, -0.25) is 4.79 Å². The van der Waals surface area contributed by atoms with Crippen molar-refractivity contribution in [3.8, 4) is 17.2 Å². The molecule has 1 aliphatic carbocycles. The minimum Gasteiger partial charge on any atom is -0.493 e. The fourth-order valence-electron chi connectivity index (χ4n) is 1.80. The molecule has 5 nitrogen and oxygen atoms in total. The summed E-state index contributed by atoms with van der Waals surface area (Å²) in [7, 11) is 3.15. The largest absolute Gasteiger partial charge is 0.493 e. The molecule has 0 bridgehead atoms. The third-order valence-electron chi connectivity index (χ3n) is 2.97. The zero-order valence-electron chi connectivity index (χ0n) is 11.3. The Kier molecular flexibility index (Phi) is 4.49. The molecule has 1 N–H and O–H groups in total. The number of benzene rings is 1. The van der Waals surface area contributed by atoms with Crippen molar-refractivity contribution < 1.29 is 19.0 Å². The van der Waals surface area contributed by atoms with Crippen LogP contribution in [0.4, 0.5) is 0 Å². The van der Waals surface area contributed by atoms with Crippen LogP contribution in [0.15, 0.2) is 18.2 Å². The lowest BCUT2D eigenvalue weighted by atomic mass is 10.3. The first-order valence-corrected chi connectivity index (χ1v) is 6.37. The number of carbonyl (C=O) groups excluding carboxylic acids is 1. The van der Waals surface area contributed by atoms with E-state index in [2.05, 4.69) is 5.32 Å². The summed E-state index contributed by atoms with van der Waals surface area (Å²) >= 11 is 0. The lowest BCUT2D eigenvalue weighted by molar-refractivity contribution is -0.122. The summed E-state index contributed by atoms with van der Waals surface area (Å²) in [6.07, 6.45) is 2.02. The Labute approximate surface area is 112 Å². The van der Waals surface area contributed by atoms with Gasteiger partial charge in [0.1, 0.15) is 6.61 Å². The van der Waals surface area contributed by atoms with Crippen LogP contribution in [-0.4, -0.2) is 33.3 Å². The molecule has 1 aromatic rings. The molecule has 1 aromatic carbocycles. The Hall–Kier alpha value is -1.91. The molecule has 5 heteroatoms. The molecule has 2 rings (SSSR count). The van der Waals surface area contributed by atoms with Gasteiger partial charge in [0, 0.05) is 5.92 Å². The van der Waals surface area contributed by atoms with Crippen molar-refractivity contribution >= 4 is 5.91 Å². The van der Waals surface area contributed by atoms with Gasteiger partial charge in [-0.25, -0.2) is 0 Å². The predicted molar refractivity (Wildman–Crippen MR) is 70.8 cm³/mol. The van der Waals surface area contributed by atoms with Crippen LogP contribution in [0.25, 0.3) is 0 Å². The van der Waals surface area contributed by atoms with Crippen LogP contribution in [0.3, 0.4) is 0 Å². The molecule has 19 heavy (non-hydrogen) atoms. The summed E-state index contributed by atoms with van der Waals surface area (Å²) in [5.74, 6) is 2.16. The van der Waals surface area contributed by atoms with E-state index < -0.39 is 0 Å². The summed E-state index contributed by atoms with van der Waals surface area (Å²) in [5.41, 5.74) is 0. The molecule has 1 saturated carbocycles. The van der Waals surface area contributed by atoms with Crippen molar-refractivity contribution in [1.29, 1.82) is 0 Å². The van der Waals surface area contributed by atoms with Gasteiger partial charge in [0.25, 0.3) is 0 Å². The van der Waals surface area contributed by atoms with Crippen LogP contribution >= 0.6 is 0 Å². The highest BCUT2D eigenvalue weighted by atomic mass is 16.5. The number of nitrogens with one attached hydrogen (secondary N) is 1. The van der Waals surface area contributed by atoms with E-state index in [1.807, 2.05) is 12.1 Å². The Morgan fingerprint density at radius 3 is 2.63 bits per heavy atom. The quantitative estimate of drug-likeness (QED) is 0.761. The number of amides is 1. The van der Waals surface area contributed by atoms with E-state index in [1.165, 1.54) is 0 Å². The molecule has 1 fully saturated rings. The van der Waals surface area contributed by atoms with E-state index in [0.717, 1.165) is 12.8 Å². The topological polar surface area (TPSA) is 56.8 Å². The van der Waals surface area contributed by atoms with Gasteiger partial charge < -0.3 is 19.5 Å². The molecule has 1 aliphatic rings. The highest BCUT2D eigenvalue weighted by Crippen LogP contribution is 2.36. The first-order valence-electron chi connectivity index (χ1n) is 6.37. The van der Waals surface area contributed by atoms with Crippen molar-refractivity contribution in [2.24, 2.45) is 5.92 Å². The maximum atomic E-state index is 11.4. The molecular formula is C14H19NO4. The summed E-state index contributed by atoms with van der Waals surface area (Å²) in [6.45, 7) is 0.900. The highest BCUT2D eigenvalue weighted by Gasteiger charge is 2.29. The number of para-hydroxylation sites is 1. The fourth-order valence-corrected chi connectivity index (χ4v) is 1.80. The first kappa shape index (κ1) is 13.5. The van der Waals surface area contributed by atoms with Gasteiger partial charge in [0.2, 0.25) is 11.7 Å². The summed E-state index contributed by atoms with van der Waals surface area (Å²) < 4.78 is 16.0. The molecule has 0 unspecified atom stereocenters. The standard InChI is InChI=1S/C14H19NO4/c1-17-11-4-3-5-12(13(11)18-2)19-9-8-15-14(16)10-6-7-10/h3-5,10H,6-9H2,1-2H3,(H,15,16). The molecule has 0 aliphatic heterocycles. The van der Waals surface area contributed by atoms with Crippen molar-refractivity contribution in [2.75, 3.05) is 27.4 Å². The maximum Gasteiger partial charge on any atom is 0.223 e. The van der Waals surface area contributed by atoms with Crippen LogP contribution in [0.2, 0.25) is 0 Å². The second kappa shape index (κ2) is 6.31. The van der Waals surface area contributed by atoms with E-state index in [9.17, 15) is 4.79 Å². The monoisotopic (exact) mass is 265 g/mol. The van der Waals surface area contributed by atoms with E-state index >= 15 is 0 Å². The molecule has 0 atom stereocenters. The SMILES string of the molecule is COc1cccc(OCCNC(=O)C2CC2)c1OC. The van der Waals surface area contributed by atoms with Gasteiger partial charge in [-0.05, 0) is 25.0 Å². The Morgan fingerprint density at radius 2 is 2.00 bits per heavy atom. The number of methoxy groups -OCH3 is 2. The molecule has 1 amide bonds. The minimum absolute atomic E-state index is 0.126. The summed E-state index contributed by atoms with van der Waals surface area (Å²) in [6, 6.07) is 5.45. The Balaban J connectivity index is 1.83. The molecular weight excluding hydrogens is 246 g/mol. The third kappa shape index (κ3) is 3.53. The Bertz CT molecular complexity index is 443. The number of hydrogen-bond acceptors (Lipinski definition) is 4. The van der Waals surface area contributed by atoms with E-state index in [4.69, 9.17) is 14.2 Å². The second-order valence-corrected chi connectivity index (χ2v) is 4.41. The smallest absolute Gasteiger partial charge is 0.223 e. The van der Waals surface area contributed by atoms with Crippen LogP contribution < -0.4 is 19.5 Å². The number of hydrogen-bond donors (Lipinski definition) is 1. The van der Waals surface area contributed by atoms with Crippen molar-refractivity contribution in [3.63, 3.8) is 0 Å². The summed E-state index contributed by atoms with van der Waals surface area (Å²) in [5, 5.41) is 2.84. The van der Waals surface area contributed by atoms with E-state index in [-0.39, 0.29) is 11.8 Å². The van der Waals surface area contributed by atoms with Gasteiger partial charge >= 0.3 is 0 Å². The van der Waals surface area contributed by atoms with Gasteiger partial charge in [-0.2, -0.15) is 0 Å². The zero-order chi connectivity index (χ0) is 13.7. The maximum absolute atomic E-state index is 11.4. The van der Waals surface area contributed by atoms with E-state index in [0.29, 0.717) is 30.4 Å². The lowest BCUT2D eigenvalue weighted by Gasteiger charge is -2.13. The van der Waals surface area contributed by atoms with Gasteiger partial charge in [0.15, 0.2) is 11.5 Å². The molecule has 0 radical (unpaired) electrons. The number of carbonyl (C=O) groups is 1. The highest BCUT2D eigenvalue weighted by molar-refractivity contribution is 5.80. The molecule has 0 spiro atoms. The van der Waals surface area contributed by atoms with Crippen molar-refractivity contribution in [2.45, 2.75) is 12.8 Å².